The van der Waals surface area contributed by atoms with Crippen LogP contribution in [-0.4, -0.2) is 77.8 Å². The Labute approximate surface area is 202 Å². The number of hydrogen-bond acceptors (Lipinski definition) is 7. The fraction of sp³-hybridized carbons (Fsp3) is 0.480. The molecule has 2 N–H and O–H groups in total. The Morgan fingerprint density at radius 3 is 2.74 bits per heavy atom. The van der Waals surface area contributed by atoms with E-state index in [0.29, 0.717) is 18.7 Å². The number of aliphatic hydroxyl groups is 2. The first kappa shape index (κ1) is 26.1. The van der Waals surface area contributed by atoms with Gasteiger partial charge in [0.15, 0.2) is 0 Å². The Morgan fingerprint density at radius 2 is 2.09 bits per heavy atom. The van der Waals surface area contributed by atoms with Crippen molar-refractivity contribution in [1.29, 1.82) is 0 Å². The molecule has 1 aromatic carbocycles. The lowest BCUT2D eigenvalue weighted by molar-refractivity contribution is 0.0733. The van der Waals surface area contributed by atoms with Crippen LogP contribution < -0.4 is 4.74 Å². The lowest BCUT2D eigenvalue weighted by Crippen LogP contribution is -2.49. The highest BCUT2D eigenvalue weighted by atomic mass is 32.2. The molecule has 2 heterocycles. The Morgan fingerprint density at radius 1 is 1.32 bits per heavy atom. The number of hydrogen-bond donors (Lipinski definition) is 2. The Balaban J connectivity index is 1.99. The third kappa shape index (κ3) is 6.34. The fourth-order valence-corrected chi connectivity index (χ4v) is 5.71. The van der Waals surface area contributed by atoms with Gasteiger partial charge in [0.25, 0.3) is 0 Å². The summed E-state index contributed by atoms with van der Waals surface area (Å²) in [5, 5.41) is 19.3. The SMILES string of the molecule is C[C@@H]1CN([C@@H](C)CO)S(=O)(=O)c2ccc(C#C[C@@H](C)O)cc2O[C@H]1CN(C)Cc1cccnc1. The second kappa shape index (κ2) is 11.3. The molecule has 8 nitrogen and oxygen atoms in total. The molecule has 9 heteroatoms. The van der Waals surface area contributed by atoms with E-state index in [0.717, 1.165) is 5.56 Å². The molecule has 0 spiro atoms. The molecule has 34 heavy (non-hydrogen) atoms. The number of aromatic nitrogens is 1. The molecule has 0 bridgehead atoms. The average Bonchev–Trinajstić information content (AvgIpc) is 2.80. The van der Waals surface area contributed by atoms with E-state index < -0.39 is 22.2 Å². The van der Waals surface area contributed by atoms with Gasteiger partial charge in [-0.2, -0.15) is 4.31 Å². The minimum Gasteiger partial charge on any atom is -0.487 e. The third-order valence-corrected chi connectivity index (χ3v) is 7.78. The second-order valence-electron chi connectivity index (χ2n) is 8.90. The summed E-state index contributed by atoms with van der Waals surface area (Å²) in [7, 11) is -1.92. The van der Waals surface area contributed by atoms with Gasteiger partial charge in [0.1, 0.15) is 22.9 Å². The molecule has 184 valence electrons. The van der Waals surface area contributed by atoms with Gasteiger partial charge in [-0.1, -0.05) is 24.8 Å². The molecule has 4 atom stereocenters. The minimum absolute atomic E-state index is 0.0437. The molecule has 1 aliphatic heterocycles. The molecule has 0 amide bonds. The van der Waals surface area contributed by atoms with Crippen molar-refractivity contribution in [1.82, 2.24) is 14.2 Å². The van der Waals surface area contributed by atoms with E-state index in [1.807, 2.05) is 32.3 Å². The number of fused-ring (bicyclic) bond motifs is 1. The summed E-state index contributed by atoms with van der Waals surface area (Å²) < 4.78 is 34.7. The third-order valence-electron chi connectivity index (χ3n) is 5.76. The predicted octanol–water partition coefficient (Wildman–Crippen LogP) is 1.71. The normalized spacial score (nSPS) is 21.9. The quantitative estimate of drug-likeness (QED) is 0.598. The molecule has 3 rings (SSSR count). The van der Waals surface area contributed by atoms with Gasteiger partial charge in [0, 0.05) is 49.6 Å². The van der Waals surface area contributed by atoms with Crippen LogP contribution in [0, 0.1) is 17.8 Å². The molecule has 1 aromatic heterocycles. The molecule has 0 saturated carbocycles. The number of likely N-dealkylation sites (N-methyl/N-ethyl adjacent to an activating group) is 1. The summed E-state index contributed by atoms with van der Waals surface area (Å²) in [4.78, 5) is 6.32. The first-order valence-corrected chi connectivity index (χ1v) is 12.8. The monoisotopic (exact) mass is 487 g/mol. The van der Waals surface area contributed by atoms with E-state index in [9.17, 15) is 18.6 Å². The molecule has 0 aliphatic carbocycles. The molecule has 1 aliphatic rings. The van der Waals surface area contributed by atoms with Crippen LogP contribution in [0.1, 0.15) is 31.9 Å². The molecule has 0 radical (unpaired) electrons. The number of ether oxygens (including phenoxy) is 1. The highest BCUT2D eigenvalue weighted by molar-refractivity contribution is 7.89. The second-order valence-corrected chi connectivity index (χ2v) is 10.8. The van der Waals surface area contributed by atoms with Crippen LogP contribution in [0.3, 0.4) is 0 Å². The van der Waals surface area contributed by atoms with Crippen LogP contribution in [0.5, 0.6) is 5.75 Å². The standard InChI is InChI=1S/C25H33N3O5S/c1-18-14-28(19(2)17-29)34(31,32)25-10-9-21(8-7-20(3)30)12-23(25)33-24(18)16-27(4)15-22-6-5-11-26-13-22/h5-6,9-13,18-20,24,29-30H,14-17H2,1-4H3/t18-,19+,20-,24+/m1/s1. The van der Waals surface area contributed by atoms with Crippen molar-refractivity contribution in [3.63, 3.8) is 0 Å². The van der Waals surface area contributed by atoms with Gasteiger partial charge in [-0.3, -0.25) is 9.88 Å². The molecule has 2 aromatic rings. The van der Waals surface area contributed by atoms with Crippen molar-refractivity contribution >= 4 is 10.0 Å². The topological polar surface area (TPSA) is 103 Å². The Kier molecular flexibility index (Phi) is 8.68. The number of rotatable bonds is 6. The van der Waals surface area contributed by atoms with Gasteiger partial charge in [0.2, 0.25) is 10.0 Å². The van der Waals surface area contributed by atoms with E-state index >= 15 is 0 Å². The first-order valence-electron chi connectivity index (χ1n) is 11.3. The summed E-state index contributed by atoms with van der Waals surface area (Å²) in [6, 6.07) is 8.01. The van der Waals surface area contributed by atoms with Crippen molar-refractivity contribution in [2.75, 3.05) is 26.7 Å². The van der Waals surface area contributed by atoms with Gasteiger partial charge < -0.3 is 14.9 Å². The number of aliphatic hydroxyl groups excluding tert-OH is 2. The van der Waals surface area contributed by atoms with E-state index in [1.165, 1.54) is 10.4 Å². The van der Waals surface area contributed by atoms with E-state index in [2.05, 4.69) is 21.7 Å². The number of benzene rings is 1. The molecule has 0 unspecified atom stereocenters. The Bertz CT molecular complexity index is 1130. The average molecular weight is 488 g/mol. The van der Waals surface area contributed by atoms with Gasteiger partial charge in [-0.05, 0) is 50.7 Å². The summed E-state index contributed by atoms with van der Waals surface area (Å²) >= 11 is 0. The summed E-state index contributed by atoms with van der Waals surface area (Å²) in [6.45, 7) is 6.37. The van der Waals surface area contributed by atoms with E-state index in [4.69, 9.17) is 4.74 Å². The summed E-state index contributed by atoms with van der Waals surface area (Å²) in [5.41, 5.74) is 1.62. The first-order chi connectivity index (χ1) is 16.1. The highest BCUT2D eigenvalue weighted by Crippen LogP contribution is 2.34. The van der Waals surface area contributed by atoms with E-state index in [1.54, 1.807) is 32.2 Å². The summed E-state index contributed by atoms with van der Waals surface area (Å²) in [6.07, 6.45) is 2.43. The lowest BCUT2D eigenvalue weighted by Gasteiger charge is -2.37. The highest BCUT2D eigenvalue weighted by Gasteiger charge is 2.38. The van der Waals surface area contributed by atoms with Crippen molar-refractivity contribution in [2.24, 2.45) is 5.92 Å². The predicted molar refractivity (Wildman–Crippen MR) is 130 cm³/mol. The van der Waals surface area contributed by atoms with E-state index in [-0.39, 0.29) is 35.8 Å². The maximum absolute atomic E-state index is 13.5. The van der Waals surface area contributed by atoms with Gasteiger partial charge in [0.05, 0.1) is 6.61 Å². The zero-order valence-corrected chi connectivity index (χ0v) is 20.9. The van der Waals surface area contributed by atoms with Crippen molar-refractivity contribution in [3.05, 3.63) is 53.9 Å². The van der Waals surface area contributed by atoms with Gasteiger partial charge >= 0.3 is 0 Å². The maximum Gasteiger partial charge on any atom is 0.247 e. The van der Waals surface area contributed by atoms with Crippen LogP contribution in [0.4, 0.5) is 0 Å². The largest absolute Gasteiger partial charge is 0.487 e. The van der Waals surface area contributed by atoms with Gasteiger partial charge in [-0.15, -0.1) is 0 Å². The molecular formula is C25H33N3O5S. The van der Waals surface area contributed by atoms with Crippen LogP contribution >= 0.6 is 0 Å². The van der Waals surface area contributed by atoms with Crippen molar-refractivity contribution in [2.45, 2.75) is 50.5 Å². The number of sulfonamides is 1. The van der Waals surface area contributed by atoms with Crippen molar-refractivity contribution < 1.29 is 23.4 Å². The van der Waals surface area contributed by atoms with Crippen LogP contribution in [0.15, 0.2) is 47.6 Å². The maximum atomic E-state index is 13.5. The van der Waals surface area contributed by atoms with Crippen molar-refractivity contribution in [3.8, 4) is 17.6 Å². The smallest absolute Gasteiger partial charge is 0.247 e. The minimum atomic E-state index is -3.91. The molecule has 0 saturated heterocycles. The van der Waals surface area contributed by atoms with Crippen LogP contribution in [-0.2, 0) is 16.6 Å². The zero-order chi connectivity index (χ0) is 24.9. The van der Waals surface area contributed by atoms with Crippen LogP contribution in [0.25, 0.3) is 0 Å². The fourth-order valence-electron chi connectivity index (χ4n) is 3.88. The van der Waals surface area contributed by atoms with Gasteiger partial charge in [-0.25, -0.2) is 8.42 Å². The number of pyridine rings is 1. The Hall–Kier alpha value is -2.48. The zero-order valence-electron chi connectivity index (χ0n) is 20.0. The van der Waals surface area contributed by atoms with Crippen LogP contribution in [0.2, 0.25) is 0 Å². The molecular weight excluding hydrogens is 454 g/mol. The summed E-state index contributed by atoms with van der Waals surface area (Å²) in [5.74, 6) is 5.60. The number of nitrogens with zero attached hydrogens (tertiary/aromatic N) is 3. The molecule has 0 fully saturated rings. The lowest BCUT2D eigenvalue weighted by atomic mass is 10.0.